The van der Waals surface area contributed by atoms with Gasteiger partial charge in [0.05, 0.1) is 13.0 Å². The van der Waals surface area contributed by atoms with Gasteiger partial charge in [-0.05, 0) is 49.8 Å². The minimum absolute atomic E-state index is 0.161. The van der Waals surface area contributed by atoms with Crippen LogP contribution in [0.4, 0.5) is 5.69 Å². The molecule has 1 aromatic rings. The molecule has 0 aliphatic carbocycles. The van der Waals surface area contributed by atoms with Crippen LogP contribution in [0.15, 0.2) is 36.4 Å². The summed E-state index contributed by atoms with van der Waals surface area (Å²) in [4.78, 5) is 11.9. The number of nitrogens with one attached hydrogen (secondary N) is 1. The van der Waals surface area contributed by atoms with E-state index >= 15 is 0 Å². The van der Waals surface area contributed by atoms with E-state index in [2.05, 4.69) is 36.5 Å². The number of ether oxygens (including phenoxy) is 1. The van der Waals surface area contributed by atoms with E-state index in [1.54, 1.807) is 0 Å². The number of carbonyl (C=O) groups excluding carboxylic acids is 1. The number of esters is 1. The number of methoxy groups -OCH3 is 1. The average Bonchev–Trinajstić information content (AvgIpc) is 2.72. The van der Waals surface area contributed by atoms with Crippen LogP contribution in [-0.2, 0) is 9.53 Å². The smallest absolute Gasteiger partial charge is 0.313 e. The highest BCUT2D eigenvalue weighted by Crippen LogP contribution is 2.23. The lowest BCUT2D eigenvalue weighted by atomic mass is 9.96. The van der Waals surface area contributed by atoms with Gasteiger partial charge in [0.2, 0.25) is 0 Å². The van der Waals surface area contributed by atoms with E-state index < -0.39 is 0 Å². The molecule has 1 rings (SSSR count). The second-order valence-electron chi connectivity index (χ2n) is 7.56. The molecule has 0 aliphatic rings. The molecule has 1 unspecified atom stereocenters. The van der Waals surface area contributed by atoms with E-state index in [4.69, 9.17) is 4.74 Å². The maximum absolute atomic E-state index is 11.9. The van der Waals surface area contributed by atoms with Crippen molar-refractivity contribution in [1.82, 2.24) is 0 Å². The summed E-state index contributed by atoms with van der Waals surface area (Å²) >= 11 is 0. The van der Waals surface area contributed by atoms with Crippen LogP contribution in [0.3, 0.4) is 0 Å². The molecule has 0 heterocycles. The predicted molar refractivity (Wildman–Crippen MR) is 121 cm³/mol. The van der Waals surface area contributed by atoms with E-state index in [-0.39, 0.29) is 11.9 Å². The lowest BCUT2D eigenvalue weighted by Gasteiger charge is -2.14. The third kappa shape index (κ3) is 10.5. The lowest BCUT2D eigenvalue weighted by molar-refractivity contribution is -0.142. The average molecular weight is 388 g/mol. The molecular formula is C25H41NO2. The summed E-state index contributed by atoms with van der Waals surface area (Å²) in [5.41, 5.74) is 2.10. The van der Waals surface area contributed by atoms with Crippen LogP contribution >= 0.6 is 0 Å². The maximum Gasteiger partial charge on any atom is 0.313 e. The van der Waals surface area contributed by atoms with Gasteiger partial charge in [0.15, 0.2) is 0 Å². The normalized spacial score (nSPS) is 12.2. The minimum Gasteiger partial charge on any atom is -0.469 e. The highest BCUT2D eigenvalue weighted by atomic mass is 16.5. The fourth-order valence-electron chi connectivity index (χ4n) is 3.45. The van der Waals surface area contributed by atoms with E-state index in [1.165, 1.54) is 58.5 Å². The maximum atomic E-state index is 11.9. The zero-order valence-electron chi connectivity index (χ0n) is 18.3. The molecule has 0 bridgehead atoms. The zero-order chi connectivity index (χ0) is 20.5. The fraction of sp³-hybridized carbons (Fsp3) is 0.640. The summed E-state index contributed by atoms with van der Waals surface area (Å²) in [6.45, 7) is 5.23. The molecule has 0 amide bonds. The van der Waals surface area contributed by atoms with Crippen molar-refractivity contribution < 1.29 is 9.53 Å². The van der Waals surface area contributed by atoms with Crippen molar-refractivity contribution in [3.63, 3.8) is 0 Å². The van der Waals surface area contributed by atoms with Gasteiger partial charge in [-0.2, -0.15) is 0 Å². The van der Waals surface area contributed by atoms with Gasteiger partial charge in [0.25, 0.3) is 0 Å². The summed E-state index contributed by atoms with van der Waals surface area (Å²) in [6.07, 6.45) is 18.5. The minimum atomic E-state index is -0.179. The molecule has 158 valence electrons. The van der Waals surface area contributed by atoms with Gasteiger partial charge < -0.3 is 10.1 Å². The SMILES string of the molecule is CCCCCCCCCC=CCCCNc1cccc(C(CC)C(=O)OC)c1. The first kappa shape index (κ1) is 24.3. The zero-order valence-corrected chi connectivity index (χ0v) is 18.3. The fourth-order valence-corrected chi connectivity index (χ4v) is 3.45. The molecule has 0 aromatic heterocycles. The largest absolute Gasteiger partial charge is 0.469 e. The Hall–Kier alpha value is -1.77. The van der Waals surface area contributed by atoms with Gasteiger partial charge in [0.1, 0.15) is 0 Å². The number of hydrogen-bond donors (Lipinski definition) is 1. The topological polar surface area (TPSA) is 38.3 Å². The first-order valence-electron chi connectivity index (χ1n) is 11.3. The number of rotatable bonds is 16. The molecule has 1 atom stereocenters. The number of benzene rings is 1. The molecule has 1 aromatic carbocycles. The summed E-state index contributed by atoms with van der Waals surface area (Å²) < 4.78 is 4.91. The first-order chi connectivity index (χ1) is 13.7. The number of unbranched alkanes of at least 4 members (excludes halogenated alkanes) is 8. The van der Waals surface area contributed by atoms with Crippen LogP contribution in [0, 0.1) is 0 Å². The Morgan fingerprint density at radius 1 is 1.00 bits per heavy atom. The first-order valence-corrected chi connectivity index (χ1v) is 11.3. The summed E-state index contributed by atoms with van der Waals surface area (Å²) in [6, 6.07) is 8.14. The molecule has 0 aliphatic heterocycles. The van der Waals surface area contributed by atoms with Crippen LogP contribution in [0.2, 0.25) is 0 Å². The van der Waals surface area contributed by atoms with Gasteiger partial charge in [-0.25, -0.2) is 0 Å². The van der Waals surface area contributed by atoms with E-state index in [1.807, 2.05) is 19.1 Å². The highest BCUT2D eigenvalue weighted by Gasteiger charge is 2.19. The molecule has 0 saturated heterocycles. The number of anilines is 1. The van der Waals surface area contributed by atoms with E-state index in [0.29, 0.717) is 0 Å². The lowest BCUT2D eigenvalue weighted by Crippen LogP contribution is -2.13. The number of hydrogen-bond acceptors (Lipinski definition) is 3. The number of allylic oxidation sites excluding steroid dienone is 2. The van der Waals surface area contributed by atoms with Crippen molar-refractivity contribution in [2.24, 2.45) is 0 Å². The van der Waals surface area contributed by atoms with Crippen molar-refractivity contribution in [3.8, 4) is 0 Å². The van der Waals surface area contributed by atoms with Crippen LogP contribution in [0.1, 0.15) is 96.0 Å². The molecule has 0 spiro atoms. The van der Waals surface area contributed by atoms with E-state index in [0.717, 1.165) is 37.1 Å². The van der Waals surface area contributed by atoms with Crippen molar-refractivity contribution in [1.29, 1.82) is 0 Å². The summed E-state index contributed by atoms with van der Waals surface area (Å²) in [7, 11) is 1.45. The third-order valence-electron chi connectivity index (χ3n) is 5.20. The molecule has 0 fully saturated rings. The van der Waals surface area contributed by atoms with Crippen molar-refractivity contribution in [3.05, 3.63) is 42.0 Å². The molecule has 0 saturated carbocycles. The van der Waals surface area contributed by atoms with Crippen LogP contribution < -0.4 is 5.32 Å². The molecular weight excluding hydrogens is 346 g/mol. The van der Waals surface area contributed by atoms with Gasteiger partial charge in [-0.15, -0.1) is 0 Å². The van der Waals surface area contributed by atoms with Crippen molar-refractivity contribution in [2.45, 2.75) is 90.4 Å². The quantitative estimate of drug-likeness (QED) is 0.184. The van der Waals surface area contributed by atoms with Gasteiger partial charge in [0, 0.05) is 12.2 Å². The Morgan fingerprint density at radius 3 is 2.36 bits per heavy atom. The van der Waals surface area contributed by atoms with Gasteiger partial charge >= 0.3 is 5.97 Å². The number of carbonyl (C=O) groups is 1. The molecule has 1 N–H and O–H groups in total. The van der Waals surface area contributed by atoms with Crippen molar-refractivity contribution in [2.75, 3.05) is 19.0 Å². The summed E-state index contributed by atoms with van der Waals surface area (Å²) in [5, 5.41) is 3.47. The Bertz CT molecular complexity index is 553. The predicted octanol–water partition coefficient (Wildman–Crippen LogP) is 7.24. The monoisotopic (exact) mass is 387 g/mol. The molecule has 0 radical (unpaired) electrons. The molecule has 3 nitrogen and oxygen atoms in total. The van der Waals surface area contributed by atoms with Gasteiger partial charge in [-0.3, -0.25) is 4.79 Å². The van der Waals surface area contributed by atoms with E-state index in [9.17, 15) is 4.79 Å². The van der Waals surface area contributed by atoms with Crippen molar-refractivity contribution >= 4 is 11.7 Å². The summed E-state index contributed by atoms with van der Waals surface area (Å²) in [5.74, 6) is -0.341. The Morgan fingerprint density at radius 2 is 1.68 bits per heavy atom. The third-order valence-corrected chi connectivity index (χ3v) is 5.20. The Labute approximate surface area is 173 Å². The highest BCUT2D eigenvalue weighted by molar-refractivity contribution is 5.78. The second kappa shape index (κ2) is 16.2. The Kier molecular flexibility index (Phi) is 14.0. The Balaban J connectivity index is 2.16. The van der Waals surface area contributed by atoms with Crippen LogP contribution in [-0.4, -0.2) is 19.6 Å². The molecule has 3 heteroatoms. The van der Waals surface area contributed by atoms with Crippen LogP contribution in [0.25, 0.3) is 0 Å². The molecule has 28 heavy (non-hydrogen) atoms. The van der Waals surface area contributed by atoms with Gasteiger partial charge in [-0.1, -0.05) is 76.7 Å². The van der Waals surface area contributed by atoms with Crippen LogP contribution in [0.5, 0.6) is 0 Å². The standard InChI is InChI=1S/C25H41NO2/c1-4-6-7-8-9-10-11-12-13-14-15-16-20-26-23-19-17-18-22(21-23)24(5-2)25(27)28-3/h13-14,17-19,21,24,26H,4-12,15-16,20H2,1-3H3. The second-order valence-corrected chi connectivity index (χ2v) is 7.56.